The lowest BCUT2D eigenvalue weighted by molar-refractivity contribution is 0.324. The molecule has 0 atom stereocenters. The highest BCUT2D eigenvalue weighted by Crippen LogP contribution is 2.40. The molecular weight excluding hydrogens is 346 g/mol. The second kappa shape index (κ2) is 7.45. The highest BCUT2D eigenvalue weighted by atomic mass is 16.5. The Morgan fingerprint density at radius 3 is 2.19 bits per heavy atom. The minimum atomic E-state index is 0.173. The predicted octanol–water partition coefficient (Wildman–Crippen LogP) is 2.74. The van der Waals surface area contributed by atoms with Gasteiger partial charge in [0.25, 0.3) is 0 Å². The summed E-state index contributed by atoms with van der Waals surface area (Å²) >= 11 is 0. The van der Waals surface area contributed by atoms with Crippen molar-refractivity contribution in [3.63, 3.8) is 0 Å². The zero-order valence-electron chi connectivity index (χ0n) is 15.8. The van der Waals surface area contributed by atoms with Crippen LogP contribution in [0, 0.1) is 6.92 Å². The van der Waals surface area contributed by atoms with Gasteiger partial charge in [0.1, 0.15) is 5.82 Å². The van der Waals surface area contributed by atoms with Crippen LogP contribution in [0.3, 0.4) is 0 Å². The van der Waals surface area contributed by atoms with E-state index in [0.29, 0.717) is 29.6 Å². The summed E-state index contributed by atoms with van der Waals surface area (Å²) in [5.74, 6) is 2.26. The van der Waals surface area contributed by atoms with Crippen LogP contribution in [0.1, 0.15) is 11.1 Å². The summed E-state index contributed by atoms with van der Waals surface area (Å²) in [6.07, 6.45) is 0. The third-order valence-corrected chi connectivity index (χ3v) is 4.26. The van der Waals surface area contributed by atoms with E-state index in [4.69, 9.17) is 25.7 Å². The number of nitrogens with two attached hydrogens (primary N) is 2. The first-order valence-electron chi connectivity index (χ1n) is 8.33. The molecule has 0 fully saturated rings. The molecule has 0 aliphatic heterocycles. The van der Waals surface area contributed by atoms with Gasteiger partial charge >= 0.3 is 0 Å². The molecule has 5 N–H and O–H groups in total. The molecule has 27 heavy (non-hydrogen) atoms. The van der Waals surface area contributed by atoms with Gasteiger partial charge in [-0.05, 0) is 24.1 Å². The first-order valence-corrected chi connectivity index (χ1v) is 8.33. The minimum Gasteiger partial charge on any atom is -0.493 e. The predicted molar refractivity (Wildman–Crippen MR) is 107 cm³/mol. The number of nitrogen functional groups attached to an aromatic ring is 2. The van der Waals surface area contributed by atoms with E-state index in [1.54, 1.807) is 21.3 Å². The SMILES string of the molecule is COc1cc(NCc2cc(C)c3nc(N)nc(N)c3c2)cc(OC)c1OC. The van der Waals surface area contributed by atoms with E-state index >= 15 is 0 Å². The topological polar surface area (TPSA) is 118 Å². The first-order chi connectivity index (χ1) is 13.0. The Hall–Kier alpha value is -3.42. The molecule has 142 valence electrons. The maximum Gasteiger partial charge on any atom is 0.222 e. The minimum absolute atomic E-state index is 0.173. The average molecular weight is 369 g/mol. The number of rotatable bonds is 6. The number of anilines is 3. The largest absolute Gasteiger partial charge is 0.493 e. The Labute approximate surface area is 157 Å². The van der Waals surface area contributed by atoms with Crippen molar-refractivity contribution in [3.05, 3.63) is 35.4 Å². The molecular formula is C19H23N5O3. The molecule has 8 nitrogen and oxygen atoms in total. The van der Waals surface area contributed by atoms with Crippen LogP contribution in [0.4, 0.5) is 17.5 Å². The molecule has 0 unspecified atom stereocenters. The molecule has 3 aromatic rings. The van der Waals surface area contributed by atoms with Gasteiger partial charge in [0.05, 0.1) is 26.8 Å². The highest BCUT2D eigenvalue weighted by molar-refractivity contribution is 5.91. The molecule has 0 saturated heterocycles. The monoisotopic (exact) mass is 369 g/mol. The molecule has 0 radical (unpaired) electrons. The molecule has 0 spiro atoms. The van der Waals surface area contributed by atoms with Crippen LogP contribution in [0.15, 0.2) is 24.3 Å². The van der Waals surface area contributed by atoms with Crippen molar-refractivity contribution < 1.29 is 14.2 Å². The maximum atomic E-state index is 6.01. The Morgan fingerprint density at radius 1 is 0.926 bits per heavy atom. The highest BCUT2D eigenvalue weighted by Gasteiger charge is 2.13. The van der Waals surface area contributed by atoms with Crippen LogP contribution < -0.4 is 31.0 Å². The Morgan fingerprint density at radius 2 is 1.59 bits per heavy atom. The molecule has 0 saturated carbocycles. The smallest absolute Gasteiger partial charge is 0.222 e. The van der Waals surface area contributed by atoms with Gasteiger partial charge in [-0.3, -0.25) is 0 Å². The van der Waals surface area contributed by atoms with Crippen LogP contribution in [0.2, 0.25) is 0 Å². The van der Waals surface area contributed by atoms with Crippen molar-refractivity contribution in [3.8, 4) is 17.2 Å². The summed E-state index contributed by atoms with van der Waals surface area (Å²) in [4.78, 5) is 8.32. The number of fused-ring (bicyclic) bond motifs is 1. The third kappa shape index (κ3) is 3.59. The van der Waals surface area contributed by atoms with E-state index in [1.165, 1.54) is 0 Å². The van der Waals surface area contributed by atoms with E-state index in [0.717, 1.165) is 27.7 Å². The summed E-state index contributed by atoms with van der Waals surface area (Å²) in [5, 5.41) is 4.15. The molecule has 2 aromatic carbocycles. The van der Waals surface area contributed by atoms with E-state index < -0.39 is 0 Å². The second-order valence-electron chi connectivity index (χ2n) is 6.04. The zero-order chi connectivity index (χ0) is 19.6. The number of hydrogen-bond donors (Lipinski definition) is 3. The lowest BCUT2D eigenvalue weighted by atomic mass is 10.1. The van der Waals surface area contributed by atoms with Crippen LogP contribution >= 0.6 is 0 Å². The van der Waals surface area contributed by atoms with Crippen molar-refractivity contribution in [2.45, 2.75) is 13.5 Å². The summed E-state index contributed by atoms with van der Waals surface area (Å²) < 4.78 is 16.1. The standard InChI is InChI=1S/C19H23N5O3/c1-10-5-11(6-13-16(10)23-19(21)24-18(13)20)9-22-12-7-14(25-2)17(27-4)15(8-12)26-3/h5-8,22H,9H2,1-4H3,(H4,20,21,23,24). The Balaban J connectivity index is 1.91. The number of ether oxygens (including phenoxy) is 3. The van der Waals surface area contributed by atoms with E-state index in [-0.39, 0.29) is 5.95 Å². The summed E-state index contributed by atoms with van der Waals surface area (Å²) in [6.45, 7) is 2.54. The Bertz CT molecular complexity index is 966. The summed E-state index contributed by atoms with van der Waals surface area (Å²) in [6, 6.07) is 7.71. The fourth-order valence-corrected chi connectivity index (χ4v) is 3.01. The number of nitrogens with zero attached hydrogens (tertiary/aromatic N) is 2. The average Bonchev–Trinajstić information content (AvgIpc) is 2.66. The second-order valence-corrected chi connectivity index (χ2v) is 6.04. The molecule has 0 aliphatic rings. The van der Waals surface area contributed by atoms with Gasteiger partial charge < -0.3 is 31.0 Å². The van der Waals surface area contributed by atoms with E-state index in [9.17, 15) is 0 Å². The van der Waals surface area contributed by atoms with E-state index in [1.807, 2.05) is 31.2 Å². The molecule has 8 heteroatoms. The quantitative estimate of drug-likeness (QED) is 0.607. The van der Waals surface area contributed by atoms with Crippen molar-refractivity contribution in [1.29, 1.82) is 0 Å². The van der Waals surface area contributed by atoms with Gasteiger partial charge in [-0.1, -0.05) is 6.07 Å². The molecule has 3 rings (SSSR count). The summed E-state index contributed by atoms with van der Waals surface area (Å²) in [5.41, 5.74) is 15.3. The van der Waals surface area contributed by atoms with Gasteiger partial charge in [0.2, 0.25) is 11.7 Å². The number of methoxy groups -OCH3 is 3. The normalized spacial score (nSPS) is 10.7. The molecule has 1 heterocycles. The number of hydrogen-bond acceptors (Lipinski definition) is 8. The molecule has 1 aromatic heterocycles. The van der Waals surface area contributed by atoms with Gasteiger partial charge in [-0.15, -0.1) is 0 Å². The number of benzene rings is 2. The lowest BCUT2D eigenvalue weighted by Crippen LogP contribution is -2.05. The van der Waals surface area contributed by atoms with Crippen molar-refractivity contribution >= 4 is 28.4 Å². The molecule has 0 aliphatic carbocycles. The lowest BCUT2D eigenvalue weighted by Gasteiger charge is -2.15. The van der Waals surface area contributed by atoms with Crippen LogP contribution in [0.5, 0.6) is 17.2 Å². The van der Waals surface area contributed by atoms with Crippen molar-refractivity contribution in [2.24, 2.45) is 0 Å². The summed E-state index contributed by atoms with van der Waals surface area (Å²) in [7, 11) is 4.75. The Kier molecular flexibility index (Phi) is 5.07. The fraction of sp³-hybridized carbons (Fsp3) is 0.263. The first kappa shape index (κ1) is 18.4. The van der Waals surface area contributed by atoms with Crippen LogP contribution in [0.25, 0.3) is 10.9 Å². The number of nitrogens with one attached hydrogen (secondary N) is 1. The van der Waals surface area contributed by atoms with Crippen LogP contribution in [-0.4, -0.2) is 31.3 Å². The molecule has 0 bridgehead atoms. The molecule has 0 amide bonds. The van der Waals surface area contributed by atoms with Crippen LogP contribution in [-0.2, 0) is 6.54 Å². The van der Waals surface area contributed by atoms with Crippen molar-refractivity contribution in [1.82, 2.24) is 9.97 Å². The number of aromatic nitrogens is 2. The third-order valence-electron chi connectivity index (χ3n) is 4.26. The fourth-order valence-electron chi connectivity index (χ4n) is 3.01. The van der Waals surface area contributed by atoms with E-state index in [2.05, 4.69) is 15.3 Å². The maximum absolute atomic E-state index is 6.01. The van der Waals surface area contributed by atoms with Gasteiger partial charge in [-0.2, -0.15) is 4.98 Å². The van der Waals surface area contributed by atoms with Crippen molar-refractivity contribution in [2.75, 3.05) is 38.1 Å². The number of aryl methyl sites for hydroxylation is 1. The van der Waals surface area contributed by atoms with Gasteiger partial charge in [0, 0.05) is 29.8 Å². The van der Waals surface area contributed by atoms with Gasteiger partial charge in [0.15, 0.2) is 11.5 Å². The van der Waals surface area contributed by atoms with Gasteiger partial charge in [-0.25, -0.2) is 4.98 Å². The zero-order valence-corrected chi connectivity index (χ0v) is 15.8.